The topological polar surface area (TPSA) is 506 Å². The standard InChI is InChI=1S/C50H45N11O19S3/c51-31-10-8-28-36(29-9-11-32(52)41(83(77,78)79)39(29)80-38(28)40(31)82(74,75)76)27-7-3-22(16-30(27)48(70)71)43(64)54-13-14-61-35(63)17-34(46(61)67)81-20-23(47(68)69)15-26(62)6-12-33(49(72)73)58-44(65)21-1-4-24(5-2-21)55-18-25-19-56-42-37(57-25)45(66)60-50(53)59-42/h1-5,7-11,16,19,23,33-34,51,55H,6,12-15,17-18,20,52H2,(H,54,64)(H,58,65)(H,68,69)(H,70,71)(H,72,73)(H,74,75,76)(H,77,78,79)(H3,53,56,59,60,66)/t23-,33-,34?/m0/s1. The smallest absolute Gasteiger partial charge is 0.336 e. The molecule has 3 aromatic carbocycles. The van der Waals surface area contributed by atoms with Gasteiger partial charge in [-0.2, -0.15) is 21.8 Å². The average Bonchev–Trinajstić information content (AvgIpc) is 1.59. The van der Waals surface area contributed by atoms with Gasteiger partial charge in [-0.05, 0) is 72.6 Å². The predicted molar refractivity (Wildman–Crippen MR) is 290 cm³/mol. The summed E-state index contributed by atoms with van der Waals surface area (Å²) in [4.78, 5) is 128. The van der Waals surface area contributed by atoms with E-state index in [4.69, 9.17) is 21.3 Å². The molecule has 14 N–H and O–H groups in total. The number of carbonyl (C=O) groups excluding carboxylic acids is 5. The molecule has 3 atom stereocenters. The number of aromatic carboxylic acids is 1. The Labute approximate surface area is 470 Å². The second kappa shape index (κ2) is 23.8. The number of carbonyl (C=O) groups is 8. The van der Waals surface area contributed by atoms with Crippen LogP contribution in [0.4, 0.5) is 17.3 Å². The van der Waals surface area contributed by atoms with Gasteiger partial charge in [-0.3, -0.25) is 58.0 Å². The number of hydrogen-bond donors (Lipinski definition) is 12. The number of amides is 4. The van der Waals surface area contributed by atoms with E-state index in [0.29, 0.717) is 11.4 Å². The van der Waals surface area contributed by atoms with Crippen molar-refractivity contribution >= 4 is 119 Å². The lowest BCUT2D eigenvalue weighted by molar-refractivity contribution is -0.143. The van der Waals surface area contributed by atoms with E-state index < -0.39 is 154 Å². The van der Waals surface area contributed by atoms with Gasteiger partial charge in [0.05, 0.1) is 46.2 Å². The molecule has 0 spiro atoms. The Kier molecular flexibility index (Phi) is 17.0. The number of carboxylic acids is 3. The number of H-pyrrole nitrogens is 1. The fraction of sp³-hybridized carbons (Fsp3) is 0.220. The number of Topliss-reactive ketones (excluding diaryl/α,β-unsaturated/α-hetero) is 1. The Morgan fingerprint density at radius 1 is 0.855 bits per heavy atom. The third kappa shape index (κ3) is 13.1. The molecule has 4 amide bonds. The van der Waals surface area contributed by atoms with Crippen LogP contribution in [0.25, 0.3) is 44.6 Å². The fourth-order valence-electron chi connectivity index (χ4n) is 8.90. The molecule has 1 unspecified atom stereocenters. The molecule has 1 saturated heterocycles. The number of nitrogen functional groups attached to an aromatic ring is 2. The molecule has 2 aliphatic heterocycles. The number of likely N-dealkylation sites (tertiary alicyclic amines) is 1. The number of ketones is 1. The van der Waals surface area contributed by atoms with Gasteiger partial charge in [-0.25, -0.2) is 19.6 Å². The number of nitrogens with zero attached hydrogens (tertiary/aromatic N) is 4. The Morgan fingerprint density at radius 3 is 2.20 bits per heavy atom. The number of nitrogens with one attached hydrogen (secondary N) is 5. The van der Waals surface area contributed by atoms with Crippen LogP contribution < -0.4 is 38.3 Å². The van der Waals surface area contributed by atoms with Gasteiger partial charge in [-0.15, -0.1) is 11.8 Å². The molecule has 8 rings (SSSR count). The van der Waals surface area contributed by atoms with Crippen molar-refractivity contribution in [2.45, 2.75) is 53.3 Å². The maximum Gasteiger partial charge on any atom is 0.336 e. The van der Waals surface area contributed by atoms with Crippen molar-refractivity contribution in [3.05, 3.63) is 111 Å². The number of anilines is 3. The van der Waals surface area contributed by atoms with Crippen LogP contribution >= 0.6 is 11.8 Å². The SMILES string of the molecule is N=c1ccc2c(-c3ccc(C(=O)NCCN4C(=O)CC(SC[C@H](CC(=O)CC[C@H](NC(=O)c5ccc(NCc6cnc7nc(N)[nH]c(=O)c7n6)cc5)C(=O)O)C(=O)O)C4=O)cc3C(=O)O)c3ccc(N)c(S(=O)(=O)O)c3oc-2c1S(=O)(=O)O. The molecular weight excluding hydrogens is 1150 g/mol. The lowest BCUT2D eigenvalue weighted by Crippen LogP contribution is -2.41. The molecule has 4 heterocycles. The quantitative estimate of drug-likeness (QED) is 0.0187. The highest BCUT2D eigenvalue weighted by molar-refractivity contribution is 8.00. The van der Waals surface area contributed by atoms with E-state index in [2.05, 4.69) is 35.9 Å². The minimum Gasteiger partial charge on any atom is -0.481 e. The number of imide groups is 1. The van der Waals surface area contributed by atoms with E-state index in [1.54, 1.807) is 0 Å². The van der Waals surface area contributed by atoms with Crippen molar-refractivity contribution < 1.29 is 84.0 Å². The van der Waals surface area contributed by atoms with E-state index >= 15 is 0 Å². The van der Waals surface area contributed by atoms with Crippen LogP contribution in [0, 0.1) is 11.3 Å². The molecule has 33 heteroatoms. The maximum atomic E-state index is 13.5. The highest BCUT2D eigenvalue weighted by Gasteiger charge is 2.40. The highest BCUT2D eigenvalue weighted by atomic mass is 32.2. The molecule has 3 aliphatic rings. The summed E-state index contributed by atoms with van der Waals surface area (Å²) < 4.78 is 76.0. The summed E-state index contributed by atoms with van der Waals surface area (Å²) in [6.07, 6.45) is -0.418. The third-order valence-electron chi connectivity index (χ3n) is 12.9. The number of benzene rings is 4. The van der Waals surface area contributed by atoms with Crippen molar-refractivity contribution in [3.8, 4) is 22.5 Å². The summed E-state index contributed by atoms with van der Waals surface area (Å²) in [5.41, 5.74) is 8.75. The van der Waals surface area contributed by atoms with Gasteiger partial charge in [0.25, 0.3) is 37.6 Å². The monoisotopic (exact) mass is 1200 g/mol. The van der Waals surface area contributed by atoms with Crippen molar-refractivity contribution in [1.29, 1.82) is 5.41 Å². The number of carboxylic acid groups (broad SMARTS) is 3. The highest BCUT2D eigenvalue weighted by Crippen LogP contribution is 2.46. The molecule has 83 heavy (non-hydrogen) atoms. The van der Waals surface area contributed by atoms with Crippen LogP contribution in [-0.4, -0.2) is 144 Å². The number of aromatic nitrogens is 4. The number of hydrogen-bond acceptors (Lipinski definition) is 22. The molecule has 432 valence electrons. The summed E-state index contributed by atoms with van der Waals surface area (Å²) >= 11 is 0.790. The lowest BCUT2D eigenvalue weighted by atomic mass is 9.89. The Hall–Kier alpha value is -9.70. The maximum absolute atomic E-state index is 13.5. The van der Waals surface area contributed by atoms with Gasteiger partial charge in [0.15, 0.2) is 32.3 Å². The number of nitrogens with two attached hydrogens (primary N) is 2. The van der Waals surface area contributed by atoms with Gasteiger partial charge < -0.3 is 47.2 Å². The second-order valence-electron chi connectivity index (χ2n) is 18.4. The molecule has 1 fully saturated rings. The van der Waals surface area contributed by atoms with Crippen LogP contribution in [0.1, 0.15) is 62.5 Å². The van der Waals surface area contributed by atoms with Crippen LogP contribution in [0.15, 0.2) is 91.9 Å². The van der Waals surface area contributed by atoms with E-state index in [1.165, 1.54) is 36.5 Å². The van der Waals surface area contributed by atoms with Crippen molar-refractivity contribution in [2.75, 3.05) is 35.6 Å². The van der Waals surface area contributed by atoms with E-state index in [-0.39, 0.29) is 75.6 Å². The minimum absolute atomic E-state index is 0.0201. The molecule has 0 saturated carbocycles. The lowest BCUT2D eigenvalue weighted by Gasteiger charge is -2.20. The van der Waals surface area contributed by atoms with E-state index in [1.807, 2.05) is 0 Å². The average molecular weight is 1200 g/mol. The third-order valence-corrected chi connectivity index (χ3v) is 16.1. The van der Waals surface area contributed by atoms with Gasteiger partial charge in [-0.1, -0.05) is 6.07 Å². The van der Waals surface area contributed by atoms with Crippen molar-refractivity contribution in [1.82, 2.24) is 35.5 Å². The number of thioether (sulfide) groups is 1. The first-order chi connectivity index (χ1) is 39.1. The largest absolute Gasteiger partial charge is 0.481 e. The normalized spacial score (nSPS) is 14.4. The Morgan fingerprint density at radius 2 is 1.54 bits per heavy atom. The zero-order chi connectivity index (χ0) is 60.4. The summed E-state index contributed by atoms with van der Waals surface area (Å²) in [5.74, 6) is -11.0. The first-order valence-corrected chi connectivity index (χ1v) is 28.1. The first-order valence-electron chi connectivity index (χ1n) is 24.2. The van der Waals surface area contributed by atoms with E-state index in [0.717, 1.165) is 53.1 Å². The minimum atomic E-state index is -5.30. The van der Waals surface area contributed by atoms with Crippen molar-refractivity contribution in [3.63, 3.8) is 0 Å². The zero-order valence-corrected chi connectivity index (χ0v) is 44.9. The molecule has 30 nitrogen and oxygen atoms in total. The number of rotatable bonds is 23. The first kappa shape index (κ1) is 59.4. The van der Waals surface area contributed by atoms with Crippen LogP contribution in [-0.2, 0) is 50.8 Å². The van der Waals surface area contributed by atoms with Crippen LogP contribution in [0.5, 0.6) is 0 Å². The fourth-order valence-corrected chi connectivity index (χ4v) is 11.6. The van der Waals surface area contributed by atoms with Crippen LogP contribution in [0.2, 0.25) is 0 Å². The molecule has 0 bridgehead atoms. The van der Waals surface area contributed by atoms with Gasteiger partial charge in [0.1, 0.15) is 11.8 Å². The number of aromatic amines is 1. The number of fused-ring (bicyclic) bond motifs is 3. The molecule has 2 aromatic heterocycles. The molecule has 1 aliphatic carbocycles. The van der Waals surface area contributed by atoms with Gasteiger partial charge in [0, 0.05) is 71.4 Å². The molecular formula is C50H45N11O19S3. The van der Waals surface area contributed by atoms with Gasteiger partial charge in [0.2, 0.25) is 17.8 Å². The summed E-state index contributed by atoms with van der Waals surface area (Å²) in [7, 11) is -10.6. The number of aliphatic carboxylic acids is 2. The van der Waals surface area contributed by atoms with E-state index in [9.17, 15) is 84.4 Å². The van der Waals surface area contributed by atoms with Gasteiger partial charge >= 0.3 is 17.9 Å². The Balaban J connectivity index is 0.849. The second-order valence-corrected chi connectivity index (χ2v) is 22.4. The molecule has 5 aromatic rings. The predicted octanol–water partition coefficient (Wildman–Crippen LogP) is 1.59. The van der Waals surface area contributed by atoms with Crippen LogP contribution in [0.3, 0.4) is 0 Å². The zero-order valence-electron chi connectivity index (χ0n) is 42.4. The summed E-state index contributed by atoms with van der Waals surface area (Å²) in [5, 5.41) is 44.1. The summed E-state index contributed by atoms with van der Waals surface area (Å²) in [6.45, 7) is -0.648. The summed E-state index contributed by atoms with van der Waals surface area (Å²) in [6, 6.07) is 11.7. The Bertz CT molecular complexity index is 4210. The molecule has 0 radical (unpaired) electrons. The van der Waals surface area contributed by atoms with Crippen molar-refractivity contribution in [2.24, 2.45) is 5.92 Å².